The maximum absolute atomic E-state index is 13.0. The summed E-state index contributed by atoms with van der Waals surface area (Å²) in [7, 11) is 0. The average Bonchev–Trinajstić information content (AvgIpc) is 2.36. The smallest absolute Gasteiger partial charge is 0.175 e. The number of hydrogen-bond donors (Lipinski definition) is 2. The van der Waals surface area contributed by atoms with Crippen LogP contribution in [-0.2, 0) is 0 Å². The molecule has 0 amide bonds. The second kappa shape index (κ2) is 6.52. The lowest BCUT2D eigenvalue weighted by molar-refractivity contribution is 0.628. The van der Waals surface area contributed by atoms with Crippen molar-refractivity contribution in [2.45, 2.75) is 6.92 Å². The fraction of sp³-hybridized carbons (Fsp3) is 0.0714. The van der Waals surface area contributed by atoms with E-state index in [4.69, 9.17) is 23.8 Å². The molecule has 2 N–H and O–H groups in total. The molecule has 20 heavy (non-hydrogen) atoms. The van der Waals surface area contributed by atoms with Crippen molar-refractivity contribution in [2.24, 2.45) is 0 Å². The Balaban J connectivity index is 2.09. The summed E-state index contributed by atoms with van der Waals surface area (Å²) in [4.78, 5) is 0. The summed E-state index contributed by atoms with van der Waals surface area (Å²) in [5.41, 5.74) is 2.53. The number of aryl methyl sites for hydroxylation is 1. The maximum atomic E-state index is 13.0. The van der Waals surface area contributed by atoms with Crippen molar-refractivity contribution in [1.29, 1.82) is 0 Å². The fourth-order valence-electron chi connectivity index (χ4n) is 1.59. The molecule has 6 heteroatoms. The summed E-state index contributed by atoms with van der Waals surface area (Å²) in [5, 5.41) is 6.63. The van der Waals surface area contributed by atoms with Crippen molar-refractivity contribution >= 4 is 56.2 Å². The highest BCUT2D eigenvalue weighted by molar-refractivity contribution is 9.10. The van der Waals surface area contributed by atoms with Crippen LogP contribution in [0.2, 0.25) is 5.02 Å². The molecule has 2 nitrogen and oxygen atoms in total. The summed E-state index contributed by atoms with van der Waals surface area (Å²) >= 11 is 14.6. The molecule has 0 saturated heterocycles. The first kappa shape index (κ1) is 15.2. The first-order valence-electron chi connectivity index (χ1n) is 5.75. The zero-order valence-electron chi connectivity index (χ0n) is 10.5. The Hall–Kier alpha value is -1.17. The van der Waals surface area contributed by atoms with E-state index in [2.05, 4.69) is 26.6 Å². The van der Waals surface area contributed by atoms with Gasteiger partial charge in [-0.05, 0) is 71.0 Å². The van der Waals surface area contributed by atoms with Crippen LogP contribution in [-0.4, -0.2) is 5.11 Å². The van der Waals surface area contributed by atoms with Crippen LogP contribution in [0.25, 0.3) is 0 Å². The Kier molecular flexibility index (Phi) is 4.96. The maximum Gasteiger partial charge on any atom is 0.175 e. The number of thiocarbonyl (C=S) groups is 1. The normalized spacial score (nSPS) is 10.2. The standard InChI is InChI=1S/C14H11BrClFN2S/c1-8-2-4-12(10(15)6-8)18-14(20)19-13-5-3-9(17)7-11(13)16/h2-7H,1H3,(H2,18,19,20). The van der Waals surface area contributed by atoms with Gasteiger partial charge in [-0.15, -0.1) is 0 Å². The van der Waals surface area contributed by atoms with Crippen molar-refractivity contribution < 1.29 is 4.39 Å². The number of benzene rings is 2. The molecule has 0 fully saturated rings. The summed E-state index contributed by atoms with van der Waals surface area (Å²) in [6, 6.07) is 9.96. The second-order valence-corrected chi connectivity index (χ2v) is 5.86. The summed E-state index contributed by atoms with van der Waals surface area (Å²) in [6.45, 7) is 2.00. The van der Waals surface area contributed by atoms with Crippen LogP contribution in [0.1, 0.15) is 5.56 Å². The Bertz CT molecular complexity index is 608. The number of nitrogens with one attached hydrogen (secondary N) is 2. The minimum atomic E-state index is -0.388. The van der Waals surface area contributed by atoms with Gasteiger partial charge in [-0.1, -0.05) is 17.7 Å². The molecule has 0 heterocycles. The molecule has 0 aliphatic rings. The third-order valence-corrected chi connectivity index (χ3v) is 3.73. The van der Waals surface area contributed by atoms with E-state index in [1.165, 1.54) is 18.2 Å². The molecular weight excluding hydrogens is 363 g/mol. The number of hydrogen-bond acceptors (Lipinski definition) is 1. The lowest BCUT2D eigenvalue weighted by Gasteiger charge is -2.13. The lowest BCUT2D eigenvalue weighted by atomic mass is 10.2. The minimum Gasteiger partial charge on any atom is -0.332 e. The predicted octanol–water partition coefficient (Wildman–Crippen LogP) is 5.36. The van der Waals surface area contributed by atoms with Crippen LogP contribution in [0.4, 0.5) is 15.8 Å². The highest BCUT2D eigenvalue weighted by Crippen LogP contribution is 2.25. The van der Waals surface area contributed by atoms with E-state index < -0.39 is 0 Å². The van der Waals surface area contributed by atoms with Gasteiger partial charge in [-0.2, -0.15) is 0 Å². The van der Waals surface area contributed by atoms with E-state index >= 15 is 0 Å². The molecule has 0 aliphatic carbocycles. The molecule has 0 unspecified atom stereocenters. The highest BCUT2D eigenvalue weighted by Gasteiger charge is 2.06. The predicted molar refractivity (Wildman–Crippen MR) is 90.1 cm³/mol. The molecule has 2 aromatic carbocycles. The van der Waals surface area contributed by atoms with Crippen molar-refractivity contribution in [2.75, 3.05) is 10.6 Å². The molecule has 2 rings (SSSR count). The second-order valence-electron chi connectivity index (χ2n) is 4.19. The first-order valence-corrected chi connectivity index (χ1v) is 7.33. The minimum absolute atomic E-state index is 0.275. The van der Waals surface area contributed by atoms with Gasteiger partial charge in [-0.25, -0.2) is 4.39 Å². The molecule has 0 saturated carbocycles. The van der Waals surface area contributed by atoms with Crippen molar-refractivity contribution in [1.82, 2.24) is 0 Å². The van der Waals surface area contributed by atoms with Crippen molar-refractivity contribution in [3.8, 4) is 0 Å². The van der Waals surface area contributed by atoms with Crippen LogP contribution in [0, 0.1) is 12.7 Å². The molecule has 0 aliphatic heterocycles. The molecule has 0 spiro atoms. The molecule has 104 valence electrons. The van der Waals surface area contributed by atoms with Gasteiger partial charge in [0.1, 0.15) is 5.82 Å². The van der Waals surface area contributed by atoms with Crippen LogP contribution >= 0.6 is 39.7 Å². The third-order valence-electron chi connectivity index (χ3n) is 2.55. The number of halogens is 3. The molecule has 0 atom stereocenters. The molecular formula is C14H11BrClFN2S. The van der Waals surface area contributed by atoms with Crippen molar-refractivity contribution in [3.63, 3.8) is 0 Å². The van der Waals surface area contributed by atoms with Gasteiger partial charge < -0.3 is 10.6 Å². The molecule has 0 bridgehead atoms. The van der Waals surface area contributed by atoms with Gasteiger partial charge in [-0.3, -0.25) is 0 Å². The number of rotatable bonds is 2. The third kappa shape index (κ3) is 3.91. The van der Waals surface area contributed by atoms with Crippen LogP contribution in [0.3, 0.4) is 0 Å². The zero-order valence-corrected chi connectivity index (χ0v) is 13.7. The van der Waals surface area contributed by atoms with E-state index in [0.29, 0.717) is 10.8 Å². The SMILES string of the molecule is Cc1ccc(NC(=S)Nc2ccc(F)cc2Cl)c(Br)c1. The largest absolute Gasteiger partial charge is 0.332 e. The van der Waals surface area contributed by atoms with E-state index in [1.54, 1.807) is 0 Å². The Morgan fingerprint density at radius 2 is 1.80 bits per heavy atom. The number of anilines is 2. The van der Waals surface area contributed by atoms with E-state index in [0.717, 1.165) is 15.7 Å². The van der Waals surface area contributed by atoms with E-state index in [-0.39, 0.29) is 10.8 Å². The van der Waals surface area contributed by atoms with Crippen molar-refractivity contribution in [3.05, 3.63) is 57.3 Å². The molecule has 0 radical (unpaired) electrons. The molecule has 0 aromatic heterocycles. The highest BCUT2D eigenvalue weighted by atomic mass is 79.9. The van der Waals surface area contributed by atoms with Gasteiger partial charge in [0.15, 0.2) is 5.11 Å². The first-order chi connectivity index (χ1) is 9.45. The van der Waals surface area contributed by atoms with E-state index in [1.807, 2.05) is 25.1 Å². The van der Waals surface area contributed by atoms with Crippen LogP contribution in [0.5, 0.6) is 0 Å². The topological polar surface area (TPSA) is 24.1 Å². The van der Waals surface area contributed by atoms with Gasteiger partial charge in [0, 0.05) is 4.47 Å². The van der Waals surface area contributed by atoms with Gasteiger partial charge >= 0.3 is 0 Å². The fourth-order valence-corrected chi connectivity index (χ4v) is 2.62. The monoisotopic (exact) mass is 372 g/mol. The van der Waals surface area contributed by atoms with Gasteiger partial charge in [0.2, 0.25) is 0 Å². The van der Waals surface area contributed by atoms with Gasteiger partial charge in [0.25, 0.3) is 0 Å². The Morgan fingerprint density at radius 1 is 1.15 bits per heavy atom. The Morgan fingerprint density at radius 3 is 2.45 bits per heavy atom. The Labute approximate surface area is 135 Å². The lowest BCUT2D eigenvalue weighted by Crippen LogP contribution is -2.19. The summed E-state index contributed by atoms with van der Waals surface area (Å²) in [5.74, 6) is -0.388. The zero-order chi connectivity index (χ0) is 14.7. The van der Waals surface area contributed by atoms with Gasteiger partial charge in [0.05, 0.1) is 16.4 Å². The summed E-state index contributed by atoms with van der Waals surface area (Å²) < 4.78 is 13.9. The van der Waals surface area contributed by atoms with Crippen LogP contribution < -0.4 is 10.6 Å². The molecule has 2 aromatic rings. The van der Waals surface area contributed by atoms with E-state index in [9.17, 15) is 4.39 Å². The van der Waals surface area contributed by atoms with Crippen LogP contribution in [0.15, 0.2) is 40.9 Å². The average molecular weight is 374 g/mol. The quantitative estimate of drug-likeness (QED) is 0.693. The summed E-state index contributed by atoms with van der Waals surface area (Å²) in [6.07, 6.45) is 0.